The number of aryl methyl sites for hydroxylation is 2. The summed E-state index contributed by atoms with van der Waals surface area (Å²) >= 11 is 1.49. The van der Waals surface area contributed by atoms with Crippen LogP contribution < -0.4 is 4.74 Å². The number of sulfonamides is 1. The zero-order valence-corrected chi connectivity index (χ0v) is 20.4. The molecule has 0 aliphatic carbocycles. The van der Waals surface area contributed by atoms with Crippen LogP contribution in [-0.2, 0) is 23.2 Å². The smallest absolute Gasteiger partial charge is 0.243 e. The molecule has 0 bridgehead atoms. The van der Waals surface area contributed by atoms with E-state index in [1.165, 1.54) is 16.9 Å². The Morgan fingerprint density at radius 3 is 2.48 bits per heavy atom. The minimum absolute atomic E-state index is 0.136. The number of thiazole rings is 1. The highest BCUT2D eigenvalue weighted by atomic mass is 32.2. The first-order valence-corrected chi connectivity index (χ1v) is 12.7. The van der Waals surface area contributed by atoms with E-state index >= 15 is 0 Å². The molecule has 1 atom stereocenters. The van der Waals surface area contributed by atoms with Gasteiger partial charge in [-0.1, -0.05) is 36.8 Å². The van der Waals surface area contributed by atoms with Gasteiger partial charge in [0.2, 0.25) is 10.0 Å². The van der Waals surface area contributed by atoms with Gasteiger partial charge in [-0.2, -0.15) is 4.31 Å². The third kappa shape index (κ3) is 5.53. The van der Waals surface area contributed by atoms with Crippen molar-refractivity contribution in [3.8, 4) is 5.75 Å². The van der Waals surface area contributed by atoms with Gasteiger partial charge in [-0.15, -0.1) is 11.3 Å². The van der Waals surface area contributed by atoms with E-state index in [2.05, 4.69) is 18.0 Å². The molecule has 0 saturated carbocycles. The van der Waals surface area contributed by atoms with Crippen LogP contribution in [0, 0.1) is 20.8 Å². The van der Waals surface area contributed by atoms with E-state index in [9.17, 15) is 8.42 Å². The number of aromatic nitrogens is 1. The Morgan fingerprint density at radius 1 is 1.10 bits per heavy atom. The molecule has 1 aromatic heterocycles. The Hall–Kier alpha value is -2.22. The van der Waals surface area contributed by atoms with Crippen molar-refractivity contribution < 1.29 is 13.2 Å². The van der Waals surface area contributed by atoms with Crippen LogP contribution in [0.2, 0.25) is 0 Å². The van der Waals surface area contributed by atoms with Crippen molar-refractivity contribution in [1.82, 2.24) is 9.29 Å². The molecule has 1 heterocycles. The summed E-state index contributed by atoms with van der Waals surface area (Å²) in [5.41, 5.74) is 4.07. The lowest BCUT2D eigenvalue weighted by Gasteiger charge is -2.27. The SMILES string of the molecule is CC[C@@H](C)N(Cc1csc(COc2cccc(C)c2C)n1)S(=O)(=O)c1ccc(C)cc1. The maximum atomic E-state index is 13.3. The van der Waals surface area contributed by atoms with E-state index < -0.39 is 10.0 Å². The second kappa shape index (κ2) is 9.94. The molecule has 31 heavy (non-hydrogen) atoms. The van der Waals surface area contributed by atoms with Gasteiger partial charge in [0, 0.05) is 11.4 Å². The van der Waals surface area contributed by atoms with Crippen molar-refractivity contribution in [2.24, 2.45) is 0 Å². The largest absolute Gasteiger partial charge is 0.486 e. The molecule has 7 heteroatoms. The Morgan fingerprint density at radius 2 is 1.81 bits per heavy atom. The van der Waals surface area contributed by atoms with Gasteiger partial charge >= 0.3 is 0 Å². The molecule has 0 saturated heterocycles. The lowest BCUT2D eigenvalue weighted by Crippen LogP contribution is -2.37. The fourth-order valence-electron chi connectivity index (χ4n) is 3.19. The standard InChI is InChI=1S/C24H30N2O3S2/c1-6-19(4)26(31(27,28)22-12-10-17(2)11-13-22)14-21-16-30-24(25-21)15-29-23-9-7-8-18(3)20(23)5/h7-13,16,19H,6,14-15H2,1-5H3/t19-/m1/s1. The third-order valence-electron chi connectivity index (χ3n) is 5.53. The molecule has 0 unspecified atom stereocenters. The van der Waals surface area contributed by atoms with Gasteiger partial charge in [-0.3, -0.25) is 0 Å². The summed E-state index contributed by atoms with van der Waals surface area (Å²) < 4.78 is 34.1. The number of rotatable bonds is 9. The first-order valence-electron chi connectivity index (χ1n) is 10.4. The normalized spacial score (nSPS) is 12.8. The maximum absolute atomic E-state index is 13.3. The van der Waals surface area contributed by atoms with Crippen LogP contribution in [0.4, 0.5) is 0 Å². The number of nitrogens with zero attached hydrogens (tertiary/aromatic N) is 2. The molecule has 0 radical (unpaired) electrons. The predicted molar refractivity (Wildman–Crippen MR) is 126 cm³/mol. The molecule has 2 aromatic carbocycles. The van der Waals surface area contributed by atoms with Crippen LogP contribution in [0.25, 0.3) is 0 Å². The van der Waals surface area contributed by atoms with E-state index in [1.54, 1.807) is 16.4 Å². The zero-order chi connectivity index (χ0) is 22.6. The van der Waals surface area contributed by atoms with E-state index in [1.807, 2.05) is 57.3 Å². The lowest BCUT2D eigenvalue weighted by molar-refractivity contribution is 0.300. The molecule has 166 valence electrons. The van der Waals surface area contributed by atoms with Gasteiger partial charge in [-0.25, -0.2) is 13.4 Å². The molecule has 0 N–H and O–H groups in total. The van der Waals surface area contributed by atoms with E-state index in [-0.39, 0.29) is 12.6 Å². The summed E-state index contributed by atoms with van der Waals surface area (Å²) in [5.74, 6) is 0.847. The molecule has 3 rings (SSSR count). The molecule has 3 aromatic rings. The highest BCUT2D eigenvalue weighted by Crippen LogP contribution is 2.25. The molecule has 0 amide bonds. The van der Waals surface area contributed by atoms with Crippen LogP contribution in [0.15, 0.2) is 52.7 Å². The topological polar surface area (TPSA) is 59.5 Å². The van der Waals surface area contributed by atoms with Gasteiger partial charge in [0.1, 0.15) is 17.4 Å². The Bertz CT molecular complexity index is 1120. The van der Waals surface area contributed by atoms with Crippen LogP contribution >= 0.6 is 11.3 Å². The number of ether oxygens (including phenoxy) is 1. The van der Waals surface area contributed by atoms with Crippen molar-refractivity contribution in [2.45, 2.75) is 65.1 Å². The van der Waals surface area contributed by atoms with E-state index in [4.69, 9.17) is 4.74 Å². The fourth-order valence-corrected chi connectivity index (χ4v) is 5.57. The average molecular weight is 459 g/mol. The fraction of sp³-hybridized carbons (Fsp3) is 0.375. The summed E-state index contributed by atoms with van der Waals surface area (Å²) in [7, 11) is -3.62. The monoisotopic (exact) mass is 458 g/mol. The number of benzene rings is 2. The highest BCUT2D eigenvalue weighted by molar-refractivity contribution is 7.89. The minimum atomic E-state index is -3.62. The zero-order valence-electron chi connectivity index (χ0n) is 18.8. The van der Waals surface area contributed by atoms with Gasteiger partial charge < -0.3 is 4.74 Å². The van der Waals surface area contributed by atoms with E-state index in [0.717, 1.165) is 34.0 Å². The summed E-state index contributed by atoms with van der Waals surface area (Å²) in [6.45, 7) is 10.6. The van der Waals surface area contributed by atoms with Crippen molar-refractivity contribution in [3.05, 3.63) is 75.2 Å². The van der Waals surface area contributed by atoms with Crippen molar-refractivity contribution >= 4 is 21.4 Å². The van der Waals surface area contributed by atoms with Crippen molar-refractivity contribution in [1.29, 1.82) is 0 Å². The van der Waals surface area contributed by atoms with Gasteiger partial charge in [0.25, 0.3) is 0 Å². The maximum Gasteiger partial charge on any atom is 0.243 e. The van der Waals surface area contributed by atoms with Crippen LogP contribution in [-0.4, -0.2) is 23.7 Å². The van der Waals surface area contributed by atoms with Crippen molar-refractivity contribution in [3.63, 3.8) is 0 Å². The minimum Gasteiger partial charge on any atom is -0.486 e. The van der Waals surface area contributed by atoms with Gasteiger partial charge in [-0.05, 0) is 63.4 Å². The van der Waals surface area contributed by atoms with Crippen LogP contribution in [0.3, 0.4) is 0 Å². The first kappa shape index (κ1) is 23.4. The molecular weight excluding hydrogens is 428 g/mol. The predicted octanol–water partition coefficient (Wildman–Crippen LogP) is 5.64. The number of hydrogen-bond acceptors (Lipinski definition) is 5. The molecular formula is C24H30N2O3S2. The molecule has 0 aliphatic rings. The molecule has 0 fully saturated rings. The second-order valence-electron chi connectivity index (χ2n) is 7.84. The summed E-state index contributed by atoms with van der Waals surface area (Å²) in [5, 5.41) is 2.75. The van der Waals surface area contributed by atoms with Gasteiger partial charge in [0.05, 0.1) is 17.1 Å². The summed E-state index contributed by atoms with van der Waals surface area (Å²) in [6, 6.07) is 12.8. The Labute approximate surface area is 189 Å². The highest BCUT2D eigenvalue weighted by Gasteiger charge is 2.29. The first-order chi connectivity index (χ1) is 14.7. The lowest BCUT2D eigenvalue weighted by atomic mass is 10.1. The Kier molecular flexibility index (Phi) is 7.51. The van der Waals surface area contributed by atoms with Gasteiger partial charge in [0.15, 0.2) is 0 Å². The van der Waals surface area contributed by atoms with E-state index in [0.29, 0.717) is 11.5 Å². The quantitative estimate of drug-likeness (QED) is 0.416. The molecule has 0 aliphatic heterocycles. The summed E-state index contributed by atoms with van der Waals surface area (Å²) in [4.78, 5) is 4.95. The average Bonchev–Trinajstić information content (AvgIpc) is 3.20. The Balaban J connectivity index is 1.76. The van der Waals surface area contributed by atoms with Crippen molar-refractivity contribution in [2.75, 3.05) is 0 Å². The van der Waals surface area contributed by atoms with Crippen LogP contribution in [0.1, 0.15) is 47.7 Å². The van der Waals surface area contributed by atoms with Crippen LogP contribution in [0.5, 0.6) is 5.75 Å². The number of hydrogen-bond donors (Lipinski definition) is 0. The second-order valence-corrected chi connectivity index (χ2v) is 10.7. The molecule has 5 nitrogen and oxygen atoms in total. The summed E-state index contributed by atoms with van der Waals surface area (Å²) in [6.07, 6.45) is 0.720. The molecule has 0 spiro atoms. The third-order valence-corrected chi connectivity index (χ3v) is 8.38.